The van der Waals surface area contributed by atoms with Crippen LogP contribution >= 0.6 is 0 Å². The number of rotatable bonds is 15. The van der Waals surface area contributed by atoms with Crippen molar-refractivity contribution in [2.75, 3.05) is 0 Å². The first-order valence-corrected chi connectivity index (χ1v) is 15.7. The highest BCUT2D eigenvalue weighted by Gasteiger charge is 2.24. The summed E-state index contributed by atoms with van der Waals surface area (Å²) in [5.74, 6) is 3.36. The summed E-state index contributed by atoms with van der Waals surface area (Å²) in [5, 5.41) is 0. The highest BCUT2D eigenvalue weighted by molar-refractivity contribution is 5.27. The van der Waals surface area contributed by atoms with Crippen LogP contribution in [-0.2, 0) is 0 Å². The van der Waals surface area contributed by atoms with Crippen LogP contribution in [0.1, 0.15) is 124 Å². The molecule has 0 aromatic heterocycles. The Morgan fingerprint density at radius 3 is 2.59 bits per heavy atom. The minimum absolute atomic E-state index is 0.784. The molecular formula is C37H56. The smallest absolute Gasteiger partial charge is 0.0138 e. The van der Waals surface area contributed by atoms with Gasteiger partial charge in [-0.3, -0.25) is 0 Å². The molecule has 0 amide bonds. The monoisotopic (exact) mass is 500 g/mol. The van der Waals surface area contributed by atoms with Crippen LogP contribution in [0.4, 0.5) is 0 Å². The van der Waals surface area contributed by atoms with E-state index >= 15 is 0 Å². The minimum Gasteiger partial charge on any atom is -0.0995 e. The lowest BCUT2D eigenvalue weighted by molar-refractivity contribution is 0.244. The van der Waals surface area contributed by atoms with Gasteiger partial charge >= 0.3 is 0 Å². The van der Waals surface area contributed by atoms with E-state index in [0.717, 1.165) is 36.5 Å². The molecule has 2 unspecified atom stereocenters. The Morgan fingerprint density at radius 2 is 1.86 bits per heavy atom. The van der Waals surface area contributed by atoms with Crippen LogP contribution in [0.2, 0.25) is 0 Å². The summed E-state index contributed by atoms with van der Waals surface area (Å²) in [6, 6.07) is 0. The molecule has 0 N–H and O–H groups in total. The van der Waals surface area contributed by atoms with Crippen molar-refractivity contribution in [3.8, 4) is 0 Å². The second kappa shape index (κ2) is 16.2. The first kappa shape index (κ1) is 29.7. The molecule has 0 radical (unpaired) electrons. The Balaban J connectivity index is 1.24. The molecule has 37 heavy (non-hydrogen) atoms. The van der Waals surface area contributed by atoms with Crippen LogP contribution in [-0.4, -0.2) is 0 Å². The molecule has 0 aliphatic heterocycles. The Hall–Kier alpha value is -1.82. The quantitative estimate of drug-likeness (QED) is 0.155. The van der Waals surface area contributed by atoms with Crippen molar-refractivity contribution in [2.45, 2.75) is 124 Å². The van der Waals surface area contributed by atoms with E-state index in [9.17, 15) is 0 Å². The van der Waals surface area contributed by atoms with Gasteiger partial charge in [0.05, 0.1) is 0 Å². The summed E-state index contributed by atoms with van der Waals surface area (Å²) in [4.78, 5) is 0. The van der Waals surface area contributed by atoms with Gasteiger partial charge in [0.1, 0.15) is 0 Å². The SMILES string of the molecule is C=C(/C=C/CC(=C)CC1CCC(CC2C=C(C)C=C(CC)C2)CC1)CCC(C)CCCC1=CCCC=C1. The molecule has 3 aliphatic rings. The van der Waals surface area contributed by atoms with E-state index in [1.807, 2.05) is 0 Å². The van der Waals surface area contributed by atoms with E-state index in [1.165, 1.54) is 107 Å². The molecule has 0 spiro atoms. The lowest BCUT2D eigenvalue weighted by Crippen LogP contribution is -2.18. The number of hydrogen-bond donors (Lipinski definition) is 0. The highest BCUT2D eigenvalue weighted by Crippen LogP contribution is 2.38. The third-order valence-corrected chi connectivity index (χ3v) is 9.04. The van der Waals surface area contributed by atoms with Gasteiger partial charge in [-0.2, -0.15) is 0 Å². The maximum Gasteiger partial charge on any atom is -0.0138 e. The fraction of sp³-hybridized carbons (Fsp3) is 0.622. The van der Waals surface area contributed by atoms with Crippen molar-refractivity contribution < 1.29 is 0 Å². The summed E-state index contributed by atoms with van der Waals surface area (Å²) in [6.07, 6.45) is 37.2. The molecule has 3 aliphatic carbocycles. The van der Waals surface area contributed by atoms with Crippen LogP contribution in [0.5, 0.6) is 0 Å². The van der Waals surface area contributed by atoms with Gasteiger partial charge in [-0.25, -0.2) is 0 Å². The van der Waals surface area contributed by atoms with Gasteiger partial charge in [0.25, 0.3) is 0 Å². The zero-order valence-electron chi connectivity index (χ0n) is 24.6. The minimum atomic E-state index is 0.784. The van der Waals surface area contributed by atoms with E-state index in [1.54, 1.807) is 11.1 Å². The zero-order valence-corrected chi connectivity index (χ0v) is 24.6. The maximum atomic E-state index is 4.43. The van der Waals surface area contributed by atoms with Gasteiger partial charge in [-0.05, 0) is 114 Å². The Labute approximate surface area is 230 Å². The van der Waals surface area contributed by atoms with Crippen molar-refractivity contribution in [2.24, 2.45) is 23.7 Å². The van der Waals surface area contributed by atoms with Crippen LogP contribution in [0.25, 0.3) is 0 Å². The summed E-state index contributed by atoms with van der Waals surface area (Å²) in [5.41, 5.74) is 7.39. The summed E-state index contributed by atoms with van der Waals surface area (Å²) in [6.45, 7) is 15.7. The molecule has 0 heterocycles. The molecule has 0 heteroatoms. The normalized spacial score (nSPS) is 24.9. The molecule has 1 saturated carbocycles. The van der Waals surface area contributed by atoms with Gasteiger partial charge in [0.15, 0.2) is 0 Å². The van der Waals surface area contributed by atoms with Gasteiger partial charge < -0.3 is 0 Å². The maximum absolute atomic E-state index is 4.43. The molecule has 204 valence electrons. The highest BCUT2D eigenvalue weighted by atomic mass is 14.3. The predicted octanol–water partition coefficient (Wildman–Crippen LogP) is 11.8. The van der Waals surface area contributed by atoms with Crippen molar-refractivity contribution in [1.29, 1.82) is 0 Å². The zero-order chi connectivity index (χ0) is 26.5. The molecule has 0 nitrogen and oxygen atoms in total. The van der Waals surface area contributed by atoms with Crippen molar-refractivity contribution in [3.05, 3.63) is 83.6 Å². The first-order chi connectivity index (χ1) is 17.9. The van der Waals surface area contributed by atoms with E-state index in [4.69, 9.17) is 0 Å². The number of hydrogen-bond acceptors (Lipinski definition) is 0. The molecular weight excluding hydrogens is 444 g/mol. The lowest BCUT2D eigenvalue weighted by Gasteiger charge is -2.32. The molecule has 3 rings (SSSR count). The van der Waals surface area contributed by atoms with Crippen LogP contribution in [0.3, 0.4) is 0 Å². The summed E-state index contributed by atoms with van der Waals surface area (Å²) < 4.78 is 0. The first-order valence-electron chi connectivity index (χ1n) is 15.7. The topological polar surface area (TPSA) is 0 Å². The van der Waals surface area contributed by atoms with Crippen LogP contribution < -0.4 is 0 Å². The van der Waals surface area contributed by atoms with Gasteiger partial charge in [-0.15, -0.1) is 0 Å². The third kappa shape index (κ3) is 11.6. The van der Waals surface area contributed by atoms with E-state index in [-0.39, 0.29) is 0 Å². The third-order valence-electron chi connectivity index (χ3n) is 9.04. The van der Waals surface area contributed by atoms with Crippen LogP contribution in [0, 0.1) is 23.7 Å². The molecule has 1 fully saturated rings. The lowest BCUT2D eigenvalue weighted by atomic mass is 9.74. The molecule has 2 atom stereocenters. The molecule has 0 aromatic rings. The second-order valence-corrected chi connectivity index (χ2v) is 12.7. The van der Waals surface area contributed by atoms with E-state index < -0.39 is 0 Å². The summed E-state index contributed by atoms with van der Waals surface area (Å²) in [7, 11) is 0. The molecule has 0 bridgehead atoms. The van der Waals surface area contributed by atoms with Crippen molar-refractivity contribution in [1.82, 2.24) is 0 Å². The predicted molar refractivity (Wildman–Crippen MR) is 166 cm³/mol. The van der Waals surface area contributed by atoms with Crippen molar-refractivity contribution >= 4 is 0 Å². The standard InChI is InChI=1S/C37H56/c1-6-33-25-32(5)26-37(27-33)28-36-22-20-35(21-23-36)24-31(4)14-10-12-29(2)18-19-30(3)13-11-17-34-15-8-7-9-16-34/h8,10,12,15-16,25-26,30,35-37H,2,4,6-7,9,11,13-14,17-24,27-28H2,1,3,5H3/b12-10+. The Bertz CT molecular complexity index is 877. The number of allylic oxidation sites excluding steroid dienone is 12. The molecule has 0 aromatic carbocycles. The Kier molecular flexibility index (Phi) is 13.0. The van der Waals surface area contributed by atoms with Crippen molar-refractivity contribution in [3.63, 3.8) is 0 Å². The summed E-state index contributed by atoms with van der Waals surface area (Å²) >= 11 is 0. The van der Waals surface area contributed by atoms with Gasteiger partial charge in [0, 0.05) is 0 Å². The average molecular weight is 501 g/mol. The molecule has 0 saturated heterocycles. The van der Waals surface area contributed by atoms with E-state index in [0.29, 0.717) is 0 Å². The van der Waals surface area contributed by atoms with Gasteiger partial charge in [0.2, 0.25) is 0 Å². The fourth-order valence-corrected chi connectivity index (χ4v) is 6.74. The largest absolute Gasteiger partial charge is 0.0995 e. The Morgan fingerprint density at radius 1 is 1.08 bits per heavy atom. The van der Waals surface area contributed by atoms with Crippen LogP contribution in [0.15, 0.2) is 83.6 Å². The second-order valence-electron chi connectivity index (χ2n) is 12.7. The average Bonchev–Trinajstić information content (AvgIpc) is 2.89. The van der Waals surface area contributed by atoms with E-state index in [2.05, 4.69) is 76.5 Å². The van der Waals surface area contributed by atoms with Gasteiger partial charge in [-0.1, -0.05) is 117 Å². The fourth-order valence-electron chi connectivity index (χ4n) is 6.74.